The molecule has 0 aromatic carbocycles. The van der Waals surface area contributed by atoms with E-state index < -0.39 is 0 Å². The zero-order valence-electron chi connectivity index (χ0n) is 8.83. The summed E-state index contributed by atoms with van der Waals surface area (Å²) in [5, 5.41) is 9.87. The van der Waals surface area contributed by atoms with Crippen molar-refractivity contribution in [1.82, 2.24) is 15.0 Å². The largest absolute Gasteiger partial charge is 0.343 e. The second kappa shape index (κ2) is 3.70. The second-order valence-corrected chi connectivity index (χ2v) is 3.35. The van der Waals surface area contributed by atoms with E-state index in [1.54, 1.807) is 0 Å². The Balaban J connectivity index is 2.85. The lowest BCUT2D eigenvalue weighted by Gasteiger charge is -1.97. The molecular weight excluding hydrogens is 188 g/mol. The van der Waals surface area contributed by atoms with Crippen molar-refractivity contribution in [3.63, 3.8) is 0 Å². The summed E-state index contributed by atoms with van der Waals surface area (Å²) in [6.45, 7) is 4.17. The fourth-order valence-electron chi connectivity index (χ4n) is 1.91. The zero-order valence-corrected chi connectivity index (χ0v) is 8.83. The molecule has 2 aromatic heterocycles. The van der Waals surface area contributed by atoms with Gasteiger partial charge in [0.15, 0.2) is 5.69 Å². The number of aromatic nitrogens is 3. The van der Waals surface area contributed by atoms with Gasteiger partial charge in [-0.3, -0.25) is 0 Å². The van der Waals surface area contributed by atoms with Gasteiger partial charge in [0.2, 0.25) is 0 Å². The molecule has 1 N–H and O–H groups in total. The summed E-state index contributed by atoms with van der Waals surface area (Å²) in [7, 11) is 0. The third-order valence-corrected chi connectivity index (χ3v) is 2.60. The lowest BCUT2D eigenvalue weighted by atomic mass is 10.1. The van der Waals surface area contributed by atoms with Gasteiger partial charge in [-0.2, -0.15) is 5.26 Å². The maximum atomic E-state index is 8.98. The molecule has 2 rings (SSSR count). The van der Waals surface area contributed by atoms with Gasteiger partial charge in [-0.05, 0) is 18.4 Å². The van der Waals surface area contributed by atoms with E-state index in [2.05, 4.69) is 34.9 Å². The van der Waals surface area contributed by atoms with Crippen molar-refractivity contribution < 1.29 is 0 Å². The highest BCUT2D eigenvalue weighted by Gasteiger charge is 2.13. The molecule has 2 aromatic rings. The van der Waals surface area contributed by atoms with Crippen LogP contribution in [-0.4, -0.2) is 15.0 Å². The van der Waals surface area contributed by atoms with Crippen molar-refractivity contribution >= 4 is 11.0 Å². The van der Waals surface area contributed by atoms with Gasteiger partial charge < -0.3 is 4.98 Å². The van der Waals surface area contributed by atoms with E-state index in [0.29, 0.717) is 5.69 Å². The van der Waals surface area contributed by atoms with E-state index in [1.807, 2.05) is 0 Å². The molecule has 2 heterocycles. The van der Waals surface area contributed by atoms with Crippen LogP contribution in [0.4, 0.5) is 0 Å². The van der Waals surface area contributed by atoms with Gasteiger partial charge in [0.1, 0.15) is 18.0 Å². The summed E-state index contributed by atoms with van der Waals surface area (Å²) >= 11 is 0. The Bertz CT molecular complexity index is 533. The average Bonchev–Trinajstić information content (AvgIpc) is 2.66. The smallest absolute Gasteiger partial charge is 0.153 e. The van der Waals surface area contributed by atoms with Crippen LogP contribution < -0.4 is 0 Å². The van der Waals surface area contributed by atoms with Crippen LogP contribution in [0.5, 0.6) is 0 Å². The number of aryl methyl sites for hydroxylation is 2. The van der Waals surface area contributed by atoms with Gasteiger partial charge in [0.05, 0.1) is 5.39 Å². The monoisotopic (exact) mass is 200 g/mol. The van der Waals surface area contributed by atoms with Crippen molar-refractivity contribution in [2.45, 2.75) is 26.7 Å². The van der Waals surface area contributed by atoms with Crippen LogP contribution in [0.3, 0.4) is 0 Å². The first-order valence-corrected chi connectivity index (χ1v) is 5.06. The number of H-pyrrole nitrogens is 1. The van der Waals surface area contributed by atoms with Gasteiger partial charge >= 0.3 is 0 Å². The van der Waals surface area contributed by atoms with Crippen molar-refractivity contribution in [2.75, 3.05) is 0 Å². The van der Waals surface area contributed by atoms with Crippen molar-refractivity contribution in [3.8, 4) is 6.07 Å². The van der Waals surface area contributed by atoms with Gasteiger partial charge in [0.25, 0.3) is 0 Å². The average molecular weight is 200 g/mol. The first kappa shape index (κ1) is 9.66. The Kier molecular flexibility index (Phi) is 2.38. The molecule has 0 saturated carbocycles. The van der Waals surface area contributed by atoms with Crippen molar-refractivity contribution in [3.05, 3.63) is 23.3 Å². The summed E-state index contributed by atoms with van der Waals surface area (Å²) in [5.74, 6) is 0. The number of nitrogens with zero attached hydrogens (tertiary/aromatic N) is 3. The predicted molar refractivity (Wildman–Crippen MR) is 57.4 cm³/mol. The lowest BCUT2D eigenvalue weighted by Crippen LogP contribution is -1.90. The summed E-state index contributed by atoms with van der Waals surface area (Å²) in [6.07, 6.45) is 3.24. The predicted octanol–water partition coefficient (Wildman–Crippen LogP) is 1.95. The first-order chi connectivity index (χ1) is 7.31. The number of rotatable bonds is 2. The third-order valence-electron chi connectivity index (χ3n) is 2.60. The van der Waals surface area contributed by atoms with Crippen molar-refractivity contribution in [1.29, 1.82) is 5.26 Å². The first-order valence-electron chi connectivity index (χ1n) is 5.06. The number of hydrogen-bond acceptors (Lipinski definition) is 3. The Labute approximate surface area is 88.0 Å². The zero-order chi connectivity index (χ0) is 10.8. The Morgan fingerprint density at radius 2 is 2.13 bits per heavy atom. The molecule has 0 amide bonds. The maximum absolute atomic E-state index is 8.98. The standard InChI is InChI=1S/C11H12N4/c1-3-7-8(4-2)15-11-10(7)9(5-12)13-6-14-11/h6H,3-4H2,1-2H3,(H,13,14,15). The quantitative estimate of drug-likeness (QED) is 0.805. The van der Waals surface area contributed by atoms with Gasteiger partial charge in [-0.15, -0.1) is 0 Å². The SMILES string of the molecule is CCc1[nH]c2ncnc(C#N)c2c1CC. The second-order valence-electron chi connectivity index (χ2n) is 3.35. The highest BCUT2D eigenvalue weighted by molar-refractivity contribution is 5.85. The minimum Gasteiger partial charge on any atom is -0.343 e. The van der Waals surface area contributed by atoms with Crippen LogP contribution in [0.15, 0.2) is 6.33 Å². The van der Waals surface area contributed by atoms with Crippen LogP contribution in [0.1, 0.15) is 30.8 Å². The minimum absolute atomic E-state index is 0.466. The molecule has 0 atom stereocenters. The normalized spacial score (nSPS) is 10.5. The van der Waals surface area contributed by atoms with Crippen LogP contribution in [-0.2, 0) is 12.8 Å². The molecule has 0 aliphatic rings. The Morgan fingerprint density at radius 1 is 1.33 bits per heavy atom. The molecule has 0 aliphatic carbocycles. The topological polar surface area (TPSA) is 65.4 Å². The van der Waals surface area contributed by atoms with Gasteiger partial charge in [-0.1, -0.05) is 13.8 Å². The minimum atomic E-state index is 0.466. The van der Waals surface area contributed by atoms with E-state index in [1.165, 1.54) is 11.9 Å². The van der Waals surface area contributed by atoms with E-state index in [9.17, 15) is 0 Å². The summed E-state index contributed by atoms with van der Waals surface area (Å²) in [5.41, 5.74) is 3.57. The molecule has 4 heteroatoms. The molecule has 0 unspecified atom stereocenters. The number of hydrogen-bond donors (Lipinski definition) is 1. The number of aromatic amines is 1. The molecule has 0 aliphatic heterocycles. The van der Waals surface area contributed by atoms with Crippen LogP contribution in [0.2, 0.25) is 0 Å². The van der Waals surface area contributed by atoms with E-state index in [4.69, 9.17) is 5.26 Å². The number of fused-ring (bicyclic) bond motifs is 1. The van der Waals surface area contributed by atoms with Gasteiger partial charge in [0, 0.05) is 5.69 Å². The summed E-state index contributed by atoms with van der Waals surface area (Å²) in [4.78, 5) is 11.4. The molecule has 0 saturated heterocycles. The van der Waals surface area contributed by atoms with Crippen LogP contribution in [0, 0.1) is 11.3 Å². The van der Waals surface area contributed by atoms with Crippen LogP contribution >= 0.6 is 0 Å². The molecule has 15 heavy (non-hydrogen) atoms. The number of nitrogens with one attached hydrogen (secondary N) is 1. The summed E-state index contributed by atoms with van der Waals surface area (Å²) in [6, 6.07) is 2.11. The number of nitriles is 1. The molecule has 0 bridgehead atoms. The van der Waals surface area contributed by atoms with E-state index >= 15 is 0 Å². The van der Waals surface area contributed by atoms with Gasteiger partial charge in [-0.25, -0.2) is 9.97 Å². The highest BCUT2D eigenvalue weighted by Crippen LogP contribution is 2.23. The van der Waals surface area contributed by atoms with Crippen molar-refractivity contribution in [2.24, 2.45) is 0 Å². The molecule has 0 fully saturated rings. The molecule has 0 spiro atoms. The third kappa shape index (κ3) is 1.37. The van der Waals surface area contributed by atoms with E-state index in [-0.39, 0.29) is 0 Å². The Morgan fingerprint density at radius 3 is 2.73 bits per heavy atom. The van der Waals surface area contributed by atoms with Crippen LogP contribution in [0.25, 0.3) is 11.0 Å². The maximum Gasteiger partial charge on any atom is 0.153 e. The lowest BCUT2D eigenvalue weighted by molar-refractivity contribution is 1.01. The fourth-order valence-corrected chi connectivity index (χ4v) is 1.91. The molecule has 4 nitrogen and oxygen atoms in total. The molecule has 76 valence electrons. The molecule has 0 radical (unpaired) electrons. The van der Waals surface area contributed by atoms with E-state index in [0.717, 1.165) is 29.6 Å². The molecular formula is C11H12N4. The fraction of sp³-hybridized carbons (Fsp3) is 0.364. The highest BCUT2D eigenvalue weighted by atomic mass is 14.9. The summed E-state index contributed by atoms with van der Waals surface area (Å²) < 4.78 is 0. The Hall–Kier alpha value is -1.89.